The fourth-order valence-corrected chi connectivity index (χ4v) is 10.3. The summed E-state index contributed by atoms with van der Waals surface area (Å²) in [5, 5.41) is 45.4. The summed E-state index contributed by atoms with van der Waals surface area (Å²) in [6, 6.07) is 0. The summed E-state index contributed by atoms with van der Waals surface area (Å²) < 4.78 is 0. The van der Waals surface area contributed by atoms with Crippen molar-refractivity contribution in [1.82, 2.24) is 85.1 Å². The van der Waals surface area contributed by atoms with Crippen LogP contribution in [0.15, 0.2) is 100 Å². The third-order valence-electron chi connectivity index (χ3n) is 15.2. The largest absolute Gasteiger partial charge is 0.393 e. The molecule has 0 bridgehead atoms. The Morgan fingerprint density at radius 1 is 0.368 bits per heavy atom. The highest BCUT2D eigenvalue weighted by Gasteiger charge is 2.33. The quantitative estimate of drug-likeness (QED) is 0.0342. The first-order valence-electron chi connectivity index (χ1n) is 35.0. The summed E-state index contributed by atoms with van der Waals surface area (Å²) in [5.74, 6) is 12.6. The molecule has 640 valence electrons. The highest BCUT2D eigenvalue weighted by Crippen LogP contribution is 2.44. The monoisotopic (exact) mass is 1690 g/mol. The smallest absolute Gasteiger partial charge is 0.353 e. The second-order valence-electron chi connectivity index (χ2n) is 24.4. The maximum atomic E-state index is 10.8. The number of nitro groups is 3. The number of nitrogen functional groups attached to an aromatic ring is 1. The molecule has 8 aromatic heterocycles. The third kappa shape index (κ3) is 26.5. The molecule has 8 aromatic rings. The van der Waals surface area contributed by atoms with Crippen molar-refractivity contribution in [3.8, 4) is 0 Å². The average molecular weight is 1690 g/mol. The molecule has 12 heterocycles. The van der Waals surface area contributed by atoms with Crippen molar-refractivity contribution in [1.29, 1.82) is 0 Å². The average Bonchev–Trinajstić information content (AvgIpc) is 1.63. The maximum absolute atomic E-state index is 10.8. The van der Waals surface area contributed by atoms with E-state index in [2.05, 4.69) is 138 Å². The van der Waals surface area contributed by atoms with Crippen LogP contribution in [0.1, 0.15) is 27.7 Å². The van der Waals surface area contributed by atoms with E-state index in [4.69, 9.17) is 40.5 Å². The Morgan fingerprint density at radius 2 is 0.658 bits per heavy atom. The summed E-state index contributed by atoms with van der Waals surface area (Å²) >= 11 is 16.2. The van der Waals surface area contributed by atoms with Crippen molar-refractivity contribution in [2.24, 2.45) is 5.73 Å². The highest BCUT2D eigenvalue weighted by molar-refractivity contribution is 6.36. The third-order valence-corrected chi connectivity index (χ3v) is 16.0. The van der Waals surface area contributed by atoms with Gasteiger partial charge in [-0.3, -0.25) is 30.3 Å². The molecule has 0 saturated heterocycles. The molecule has 4 aliphatic rings. The van der Waals surface area contributed by atoms with Gasteiger partial charge in [-0.15, -0.1) is 0 Å². The van der Waals surface area contributed by atoms with Crippen molar-refractivity contribution in [2.45, 2.75) is 27.7 Å². The van der Waals surface area contributed by atoms with Crippen LogP contribution in [0.5, 0.6) is 0 Å². The van der Waals surface area contributed by atoms with Gasteiger partial charge >= 0.3 is 17.1 Å². The van der Waals surface area contributed by atoms with Gasteiger partial charge in [0.25, 0.3) is 0 Å². The zero-order valence-electron chi connectivity index (χ0n) is 72.0. The van der Waals surface area contributed by atoms with E-state index in [1.165, 1.54) is 30.9 Å². The Morgan fingerprint density at radius 3 is 1.02 bits per heavy atom. The van der Waals surface area contributed by atoms with E-state index in [0.717, 1.165) is 105 Å². The Labute approximate surface area is 698 Å². The molecule has 0 radical (unpaired) electrons. The van der Waals surface area contributed by atoms with Gasteiger partial charge in [-0.1, -0.05) is 88.8 Å². The standard InChI is InChI=1S/2C10H15N5.2C9H13N5.C7H11N5O2.C7H13N5.C6H7ClN4O2.C4HCl2N3O2.C2H7N.2C2H6.CH5N/c2*1-7-14(4)8-9(13(2)3)11-6-12-10(8)15(7)5;1-6-12-8-7(14(6)4)9(13(2)3)11-5-10-8;1-6-12-7-8(13(2)3)10-5-11-9(7)14(6)4;1-8-6-5(12(13)14)7(11(2)3)10-4-9-6;1-9-6-5(8)7(12(2)3)11-4-10-6;1-10(2)6-4(11(12)13)5(7)8-3-9-6;5-3-2(9(10)11)4(6)8-1-7-3;1-3-2;3*1-2/h2*6H,1H2,2-5H3;5H,1H2,2-4H3,(H,10,11,12);5,12H,1H2,2-4H3;4H,1-3H3,(H,8,9,10);4H,8H2,1-3H3,(H,9,10,11);3H,1-2H3;1H;3H,1-2H3;2*1-2H3;2H2,1H3. The molecule has 0 spiro atoms. The van der Waals surface area contributed by atoms with Gasteiger partial charge in [0.1, 0.15) is 102 Å². The minimum Gasteiger partial charge on any atom is -0.393 e. The Hall–Kier alpha value is -13.0. The number of nitrogens with zero attached hydrogens (tertiary/aromatic N) is 32. The van der Waals surface area contributed by atoms with Crippen molar-refractivity contribution in [3.63, 3.8) is 0 Å². The molecule has 0 aromatic carbocycles. The minimum absolute atomic E-state index is 0.111. The Balaban J connectivity index is 0.000000660. The summed E-state index contributed by atoms with van der Waals surface area (Å²) in [4.78, 5) is 118. The van der Waals surface area contributed by atoms with Gasteiger partial charge in [-0.2, -0.15) is 0 Å². The van der Waals surface area contributed by atoms with Crippen LogP contribution in [0, 0.1) is 30.3 Å². The summed E-state index contributed by atoms with van der Waals surface area (Å²) in [7, 11) is 46.5. The van der Waals surface area contributed by atoms with Crippen LogP contribution < -0.4 is 102 Å². The first-order valence-corrected chi connectivity index (χ1v) is 36.1. The Bertz CT molecular complexity index is 4500. The topological polar surface area (TPSA) is 490 Å². The zero-order valence-corrected chi connectivity index (χ0v) is 74.3. The van der Waals surface area contributed by atoms with Gasteiger partial charge in [-0.05, 0) is 21.1 Å². The lowest BCUT2D eigenvalue weighted by molar-refractivity contribution is -0.385. The van der Waals surface area contributed by atoms with Crippen LogP contribution >= 0.6 is 34.8 Å². The SMILES string of the molecule is C=C1N(C)c2ncnc(N(C)C)c2N1C.C=C1N(C)c2ncnc(N(C)C)c2N1C.C=C1Nc2c(N(C)C)ncnc2N1C.C=C1Nc2ncnc(N(C)C)c2N1C.CC.CC.CN.CN(C)c1ncnc(Cl)c1[N+](=O)[O-].CNC.CNc1ncnc(N(C)C)c1N.CNc1ncnc(N(C)C)c1[N+](=O)[O-].O=[N+]([O-])c1c(Cl)ncnc1Cl. The molecule has 0 unspecified atom stereocenters. The number of halogens is 3. The van der Waals surface area contributed by atoms with Crippen LogP contribution in [0.25, 0.3) is 0 Å². The van der Waals surface area contributed by atoms with Crippen LogP contribution in [-0.2, 0) is 0 Å². The van der Waals surface area contributed by atoms with Crippen LogP contribution in [0.2, 0.25) is 15.5 Å². The fourth-order valence-electron chi connectivity index (χ4n) is 9.61. The van der Waals surface area contributed by atoms with E-state index in [1.54, 1.807) is 72.5 Å². The van der Waals surface area contributed by atoms with E-state index in [0.29, 0.717) is 11.5 Å². The van der Waals surface area contributed by atoms with E-state index in [-0.39, 0.29) is 44.3 Å². The Kier molecular flexibility index (Phi) is 42.6. The predicted molar refractivity (Wildman–Crippen MR) is 477 cm³/mol. The van der Waals surface area contributed by atoms with Gasteiger partial charge in [0, 0.05) is 155 Å². The molecule has 0 amide bonds. The van der Waals surface area contributed by atoms with Gasteiger partial charge in [0.2, 0.25) is 32.9 Å². The van der Waals surface area contributed by atoms with Crippen molar-refractivity contribution < 1.29 is 14.8 Å². The lowest BCUT2D eigenvalue weighted by Gasteiger charge is -2.19. The van der Waals surface area contributed by atoms with E-state index in [9.17, 15) is 30.3 Å². The molecule has 45 nitrogen and oxygen atoms in total. The normalized spacial score (nSPS) is 11.5. The second-order valence-corrected chi connectivity index (χ2v) is 25.5. The molecule has 12 rings (SSSR count). The molecule has 0 saturated carbocycles. The molecule has 117 heavy (non-hydrogen) atoms. The zero-order chi connectivity index (χ0) is 89.9. The molecular weight excluding hydrogens is 1580 g/mol. The number of nitrogens with two attached hydrogens (primary N) is 2. The number of nitrogens with one attached hydrogen (secondary N) is 5. The summed E-state index contributed by atoms with van der Waals surface area (Å²) in [6.07, 6.45) is 11.3. The van der Waals surface area contributed by atoms with E-state index >= 15 is 0 Å². The number of hydrogen-bond donors (Lipinski definition) is 7. The van der Waals surface area contributed by atoms with Gasteiger partial charge in [-0.25, -0.2) is 79.7 Å². The lowest BCUT2D eigenvalue weighted by atomic mass is 10.4. The molecule has 4 aliphatic heterocycles. The first-order chi connectivity index (χ1) is 55.1. The number of fused-ring (bicyclic) bond motifs is 4. The summed E-state index contributed by atoms with van der Waals surface area (Å²) in [5.41, 5.74) is 13.9. The van der Waals surface area contributed by atoms with Crippen molar-refractivity contribution >= 4 is 156 Å². The summed E-state index contributed by atoms with van der Waals surface area (Å²) in [6.45, 7) is 23.8. The predicted octanol–water partition coefficient (Wildman–Crippen LogP) is 8.47. The first kappa shape index (κ1) is 102. The maximum Gasteiger partial charge on any atom is 0.353 e. The van der Waals surface area contributed by atoms with E-state index < -0.39 is 20.5 Å². The number of rotatable bonds is 12. The molecule has 0 aliphatic carbocycles. The molecule has 48 heteroatoms. The van der Waals surface area contributed by atoms with Gasteiger partial charge in [0.05, 0.1) is 14.8 Å². The highest BCUT2D eigenvalue weighted by atomic mass is 35.5. The number of aromatic nitrogens is 16. The lowest BCUT2D eigenvalue weighted by Crippen LogP contribution is -2.21. The van der Waals surface area contributed by atoms with Crippen LogP contribution in [-0.4, -0.2) is 271 Å². The van der Waals surface area contributed by atoms with Gasteiger partial charge < -0.3 is 102 Å². The van der Waals surface area contributed by atoms with Crippen molar-refractivity contribution in [3.05, 3.63) is 146 Å². The van der Waals surface area contributed by atoms with Crippen LogP contribution in [0.4, 0.5) is 121 Å². The van der Waals surface area contributed by atoms with Gasteiger partial charge in [0.15, 0.2) is 58.2 Å². The van der Waals surface area contributed by atoms with Crippen LogP contribution in [0.3, 0.4) is 0 Å². The number of hydrogen-bond acceptors (Lipinski definition) is 42. The molecule has 0 atom stereocenters. The fraction of sp³-hybridized carbons (Fsp3) is 0.420. The number of anilines is 18. The molecule has 9 N–H and O–H groups in total. The minimum atomic E-state index is -0.731. The van der Waals surface area contributed by atoms with E-state index in [1.807, 2.05) is 208 Å². The second kappa shape index (κ2) is 48.9. The molecule has 0 fully saturated rings. The van der Waals surface area contributed by atoms with Crippen molar-refractivity contribution in [2.75, 3.05) is 267 Å². The molecular formula is C69H112Cl3N39O6.